The van der Waals surface area contributed by atoms with E-state index in [1.807, 2.05) is 6.07 Å². The SMILES string of the molecule is C=C(Br)COc1ccc2c(c1)CC[C@H]2N. The van der Waals surface area contributed by atoms with Crippen molar-refractivity contribution in [3.8, 4) is 5.75 Å². The van der Waals surface area contributed by atoms with E-state index in [0.717, 1.165) is 23.1 Å². The van der Waals surface area contributed by atoms with Crippen LogP contribution >= 0.6 is 15.9 Å². The molecule has 1 atom stereocenters. The molecule has 1 aliphatic rings. The van der Waals surface area contributed by atoms with Gasteiger partial charge in [0.15, 0.2) is 0 Å². The van der Waals surface area contributed by atoms with Crippen LogP contribution in [0.2, 0.25) is 0 Å². The van der Waals surface area contributed by atoms with Crippen molar-refractivity contribution in [2.24, 2.45) is 5.73 Å². The summed E-state index contributed by atoms with van der Waals surface area (Å²) in [5, 5.41) is 0. The van der Waals surface area contributed by atoms with Crippen molar-refractivity contribution in [1.29, 1.82) is 0 Å². The highest BCUT2D eigenvalue weighted by Crippen LogP contribution is 2.31. The summed E-state index contributed by atoms with van der Waals surface area (Å²) < 4.78 is 6.39. The van der Waals surface area contributed by atoms with Crippen molar-refractivity contribution in [3.05, 3.63) is 40.4 Å². The molecule has 15 heavy (non-hydrogen) atoms. The fourth-order valence-corrected chi connectivity index (χ4v) is 1.99. The van der Waals surface area contributed by atoms with Gasteiger partial charge in [0.05, 0.1) is 0 Å². The quantitative estimate of drug-likeness (QED) is 0.914. The van der Waals surface area contributed by atoms with Crippen LogP contribution in [0.3, 0.4) is 0 Å². The highest BCUT2D eigenvalue weighted by molar-refractivity contribution is 9.11. The molecule has 0 radical (unpaired) electrons. The van der Waals surface area contributed by atoms with Crippen LogP contribution in [-0.4, -0.2) is 6.61 Å². The van der Waals surface area contributed by atoms with Crippen LogP contribution in [0, 0.1) is 0 Å². The van der Waals surface area contributed by atoms with Gasteiger partial charge in [-0.25, -0.2) is 0 Å². The van der Waals surface area contributed by atoms with Gasteiger partial charge in [0.1, 0.15) is 12.4 Å². The first-order valence-corrected chi connectivity index (χ1v) is 5.80. The molecule has 0 unspecified atom stereocenters. The minimum absolute atomic E-state index is 0.209. The molecule has 2 nitrogen and oxygen atoms in total. The van der Waals surface area contributed by atoms with Crippen molar-refractivity contribution >= 4 is 15.9 Å². The summed E-state index contributed by atoms with van der Waals surface area (Å²) in [6, 6.07) is 6.33. The minimum Gasteiger partial charge on any atom is -0.488 e. The normalized spacial score (nSPS) is 18.7. The van der Waals surface area contributed by atoms with Gasteiger partial charge in [0.2, 0.25) is 0 Å². The van der Waals surface area contributed by atoms with Crippen LogP contribution in [0.15, 0.2) is 29.3 Å². The summed E-state index contributed by atoms with van der Waals surface area (Å²) in [6.07, 6.45) is 2.10. The monoisotopic (exact) mass is 267 g/mol. The molecule has 0 aliphatic heterocycles. The lowest BCUT2D eigenvalue weighted by molar-refractivity contribution is 0.360. The molecular formula is C12H14BrNO. The maximum atomic E-state index is 5.96. The van der Waals surface area contributed by atoms with Crippen molar-refractivity contribution < 1.29 is 4.74 Å². The molecular weight excluding hydrogens is 254 g/mol. The Kier molecular flexibility index (Phi) is 3.12. The molecule has 80 valence electrons. The summed E-state index contributed by atoms with van der Waals surface area (Å²) in [6.45, 7) is 4.23. The number of nitrogens with two attached hydrogens (primary N) is 1. The lowest BCUT2D eigenvalue weighted by Crippen LogP contribution is -2.05. The van der Waals surface area contributed by atoms with Gasteiger partial charge >= 0.3 is 0 Å². The average molecular weight is 268 g/mol. The first-order chi connectivity index (χ1) is 7.16. The average Bonchev–Trinajstić information content (AvgIpc) is 2.57. The molecule has 3 heteroatoms. The Labute approximate surface area is 98.2 Å². The Balaban J connectivity index is 2.12. The second-order valence-electron chi connectivity index (χ2n) is 3.81. The van der Waals surface area contributed by atoms with E-state index in [-0.39, 0.29) is 6.04 Å². The van der Waals surface area contributed by atoms with Crippen molar-refractivity contribution in [2.75, 3.05) is 6.61 Å². The summed E-state index contributed by atoms with van der Waals surface area (Å²) in [5.74, 6) is 0.892. The van der Waals surface area contributed by atoms with E-state index in [9.17, 15) is 0 Å². The Morgan fingerprint density at radius 3 is 3.13 bits per heavy atom. The van der Waals surface area contributed by atoms with E-state index in [1.165, 1.54) is 11.1 Å². The van der Waals surface area contributed by atoms with Crippen molar-refractivity contribution in [2.45, 2.75) is 18.9 Å². The van der Waals surface area contributed by atoms with Crippen LogP contribution < -0.4 is 10.5 Å². The summed E-state index contributed by atoms with van der Waals surface area (Å²) >= 11 is 3.26. The number of hydrogen-bond acceptors (Lipinski definition) is 2. The molecule has 1 aromatic rings. The summed E-state index contributed by atoms with van der Waals surface area (Å²) in [4.78, 5) is 0. The van der Waals surface area contributed by atoms with E-state index in [4.69, 9.17) is 10.5 Å². The van der Waals surface area contributed by atoms with Gasteiger partial charge in [0, 0.05) is 10.5 Å². The lowest BCUT2D eigenvalue weighted by Gasteiger charge is -2.08. The van der Waals surface area contributed by atoms with E-state index >= 15 is 0 Å². The van der Waals surface area contributed by atoms with Gasteiger partial charge in [-0.1, -0.05) is 28.6 Å². The fraction of sp³-hybridized carbons (Fsp3) is 0.333. The molecule has 1 aromatic carbocycles. The molecule has 0 heterocycles. The van der Waals surface area contributed by atoms with Crippen LogP contribution in [-0.2, 0) is 6.42 Å². The van der Waals surface area contributed by atoms with Gasteiger partial charge in [-0.15, -0.1) is 0 Å². The second kappa shape index (κ2) is 4.37. The number of halogens is 1. The van der Waals surface area contributed by atoms with Crippen molar-refractivity contribution in [3.63, 3.8) is 0 Å². The molecule has 0 amide bonds. The van der Waals surface area contributed by atoms with Crippen molar-refractivity contribution in [1.82, 2.24) is 0 Å². The zero-order chi connectivity index (χ0) is 10.8. The Bertz CT molecular complexity index is 389. The Morgan fingerprint density at radius 1 is 1.60 bits per heavy atom. The van der Waals surface area contributed by atoms with Gasteiger partial charge in [-0.3, -0.25) is 0 Å². The highest BCUT2D eigenvalue weighted by Gasteiger charge is 2.18. The number of rotatable bonds is 3. The number of benzene rings is 1. The molecule has 0 saturated carbocycles. The van der Waals surface area contributed by atoms with Gasteiger partial charge < -0.3 is 10.5 Å². The molecule has 1 aliphatic carbocycles. The molecule has 0 aromatic heterocycles. The second-order valence-corrected chi connectivity index (χ2v) is 4.93. The zero-order valence-electron chi connectivity index (χ0n) is 8.50. The predicted octanol–water partition coefficient (Wildman–Crippen LogP) is 2.92. The molecule has 0 saturated heterocycles. The van der Waals surface area contributed by atoms with E-state index in [0.29, 0.717) is 6.61 Å². The standard InChI is InChI=1S/C12H14BrNO/c1-8(13)7-15-10-3-4-11-9(6-10)2-5-12(11)14/h3-4,6,12H,1-2,5,7,14H2/t12-/m1/s1. The largest absolute Gasteiger partial charge is 0.488 e. The molecule has 2 N–H and O–H groups in total. The molecule has 2 rings (SSSR count). The number of fused-ring (bicyclic) bond motifs is 1. The van der Waals surface area contributed by atoms with Crippen LogP contribution in [0.25, 0.3) is 0 Å². The molecule has 0 fully saturated rings. The first-order valence-electron chi connectivity index (χ1n) is 5.01. The van der Waals surface area contributed by atoms with Gasteiger partial charge in [-0.05, 0) is 36.1 Å². The Morgan fingerprint density at radius 2 is 2.40 bits per heavy atom. The third kappa shape index (κ3) is 2.41. The molecule has 0 bridgehead atoms. The lowest BCUT2D eigenvalue weighted by atomic mass is 10.1. The highest BCUT2D eigenvalue weighted by atomic mass is 79.9. The van der Waals surface area contributed by atoms with E-state index in [2.05, 4.69) is 34.6 Å². The van der Waals surface area contributed by atoms with Crippen LogP contribution in [0.5, 0.6) is 5.75 Å². The van der Waals surface area contributed by atoms with Gasteiger partial charge in [-0.2, -0.15) is 0 Å². The maximum absolute atomic E-state index is 5.96. The maximum Gasteiger partial charge on any atom is 0.120 e. The van der Waals surface area contributed by atoms with Gasteiger partial charge in [0.25, 0.3) is 0 Å². The third-order valence-electron chi connectivity index (χ3n) is 2.63. The fourth-order valence-electron chi connectivity index (χ4n) is 1.88. The minimum atomic E-state index is 0.209. The van der Waals surface area contributed by atoms with E-state index < -0.39 is 0 Å². The molecule has 0 spiro atoms. The summed E-state index contributed by atoms with van der Waals surface area (Å²) in [7, 11) is 0. The van der Waals surface area contributed by atoms with Crippen LogP contribution in [0.4, 0.5) is 0 Å². The number of aryl methyl sites for hydroxylation is 1. The third-order valence-corrected chi connectivity index (χ3v) is 2.86. The van der Waals surface area contributed by atoms with Crippen LogP contribution in [0.1, 0.15) is 23.6 Å². The summed E-state index contributed by atoms with van der Waals surface area (Å²) in [5.41, 5.74) is 8.54. The first kappa shape index (κ1) is 10.7. The number of ether oxygens (including phenoxy) is 1. The topological polar surface area (TPSA) is 35.2 Å². The smallest absolute Gasteiger partial charge is 0.120 e. The zero-order valence-corrected chi connectivity index (χ0v) is 10.1. The predicted molar refractivity (Wildman–Crippen MR) is 65.3 cm³/mol. The Hall–Kier alpha value is -0.800. The number of hydrogen-bond donors (Lipinski definition) is 1. The van der Waals surface area contributed by atoms with E-state index in [1.54, 1.807) is 0 Å².